The number of benzene rings is 1. The molecule has 13 heavy (non-hydrogen) atoms. The lowest BCUT2D eigenvalue weighted by Gasteiger charge is -1.98. The highest BCUT2D eigenvalue weighted by Gasteiger charge is 2.04. The van der Waals surface area contributed by atoms with Crippen molar-refractivity contribution in [1.29, 1.82) is 0 Å². The summed E-state index contributed by atoms with van der Waals surface area (Å²) in [7, 11) is 0. The highest BCUT2D eigenvalue weighted by Crippen LogP contribution is 2.16. The van der Waals surface area contributed by atoms with Gasteiger partial charge in [-0.15, -0.1) is 0 Å². The largest absolute Gasteiger partial charge is 0.392 e. The van der Waals surface area contributed by atoms with Crippen LogP contribution >= 0.6 is 0 Å². The van der Waals surface area contributed by atoms with Crippen molar-refractivity contribution in [2.24, 2.45) is 0 Å². The van der Waals surface area contributed by atoms with Gasteiger partial charge in [0.25, 0.3) is 0 Å². The molecule has 2 rings (SSSR count). The maximum Gasteiger partial charge on any atom is 0.152 e. The first kappa shape index (κ1) is 7.94. The van der Waals surface area contributed by atoms with Gasteiger partial charge >= 0.3 is 0 Å². The molecule has 1 aromatic heterocycles. The van der Waals surface area contributed by atoms with Crippen LogP contribution in [0.3, 0.4) is 0 Å². The van der Waals surface area contributed by atoms with Crippen LogP contribution in [-0.2, 0) is 6.61 Å². The molecule has 0 spiro atoms. The first-order valence-corrected chi connectivity index (χ1v) is 3.87. The predicted octanol–water partition coefficient (Wildman–Crippen LogP) is 0.868. The number of aliphatic hydroxyl groups is 1. The molecule has 0 saturated carbocycles. The third kappa shape index (κ3) is 1.21. The maximum absolute atomic E-state index is 10.7. The number of hydrogen-bond acceptors (Lipinski definition) is 3. The Kier molecular flexibility index (Phi) is 1.83. The molecule has 2 N–H and O–H groups in total. The molecule has 4 nitrogen and oxygen atoms in total. The maximum atomic E-state index is 10.7. The molecule has 0 saturated heterocycles. The Balaban J connectivity index is 2.77. The Labute approximate surface area is 74.2 Å². The molecule has 0 radical (unpaired) electrons. The molecule has 0 aliphatic rings. The molecule has 0 unspecified atom stereocenters. The van der Waals surface area contributed by atoms with Crippen LogP contribution < -0.4 is 0 Å². The fourth-order valence-electron chi connectivity index (χ4n) is 1.32. The lowest BCUT2D eigenvalue weighted by molar-refractivity contribution is 0.112. The van der Waals surface area contributed by atoms with Crippen molar-refractivity contribution in [3.05, 3.63) is 29.6 Å². The smallest absolute Gasteiger partial charge is 0.152 e. The van der Waals surface area contributed by atoms with Gasteiger partial charge in [-0.3, -0.25) is 4.79 Å². The van der Waals surface area contributed by atoms with Crippen LogP contribution in [0.1, 0.15) is 15.9 Å². The van der Waals surface area contributed by atoms with Gasteiger partial charge < -0.3 is 10.1 Å². The molecule has 0 amide bonds. The minimum Gasteiger partial charge on any atom is -0.392 e. The molecule has 2 aromatic rings. The van der Waals surface area contributed by atoms with Gasteiger partial charge in [0.1, 0.15) is 0 Å². The van der Waals surface area contributed by atoms with Gasteiger partial charge in [-0.2, -0.15) is 0 Å². The monoisotopic (exact) mass is 176 g/mol. The molecular weight excluding hydrogens is 168 g/mol. The first-order valence-electron chi connectivity index (χ1n) is 3.87. The number of nitrogens with one attached hydrogen (secondary N) is 1. The average Bonchev–Trinajstić information content (AvgIpc) is 2.63. The summed E-state index contributed by atoms with van der Waals surface area (Å²) in [6.07, 6.45) is 2.27. The zero-order valence-electron chi connectivity index (χ0n) is 6.82. The minimum atomic E-state index is -0.0736. The van der Waals surface area contributed by atoms with Gasteiger partial charge in [0.15, 0.2) is 6.29 Å². The highest BCUT2D eigenvalue weighted by atomic mass is 16.3. The number of carbonyl (C=O) groups is 1. The van der Waals surface area contributed by atoms with E-state index in [9.17, 15) is 4.79 Å². The summed E-state index contributed by atoms with van der Waals surface area (Å²) in [6.45, 7) is -0.0736. The Morgan fingerprint density at radius 1 is 1.54 bits per heavy atom. The van der Waals surface area contributed by atoms with Gasteiger partial charge in [-0.05, 0) is 17.7 Å². The highest BCUT2D eigenvalue weighted by molar-refractivity contribution is 5.94. The van der Waals surface area contributed by atoms with Crippen molar-refractivity contribution in [3.8, 4) is 0 Å². The molecule has 66 valence electrons. The summed E-state index contributed by atoms with van der Waals surface area (Å²) in [5, 5.41) is 8.90. The molecule has 0 bridgehead atoms. The Morgan fingerprint density at radius 3 is 3.08 bits per heavy atom. The van der Waals surface area contributed by atoms with Crippen LogP contribution in [0.4, 0.5) is 0 Å². The summed E-state index contributed by atoms with van der Waals surface area (Å²) in [6, 6.07) is 3.41. The zero-order chi connectivity index (χ0) is 9.26. The number of aromatic nitrogens is 2. The third-order valence-electron chi connectivity index (χ3n) is 1.92. The molecule has 0 fully saturated rings. The van der Waals surface area contributed by atoms with Crippen molar-refractivity contribution in [1.82, 2.24) is 9.97 Å². The van der Waals surface area contributed by atoms with Crippen molar-refractivity contribution < 1.29 is 9.90 Å². The number of aromatic amines is 1. The molecule has 0 aliphatic heterocycles. The van der Waals surface area contributed by atoms with Crippen LogP contribution in [0, 0.1) is 0 Å². The number of H-pyrrole nitrogens is 1. The Bertz CT molecular complexity index is 448. The fraction of sp³-hybridized carbons (Fsp3) is 0.111. The van der Waals surface area contributed by atoms with E-state index in [0.717, 1.165) is 11.8 Å². The van der Waals surface area contributed by atoms with Crippen LogP contribution in [0.2, 0.25) is 0 Å². The van der Waals surface area contributed by atoms with Crippen molar-refractivity contribution in [2.75, 3.05) is 0 Å². The quantitative estimate of drug-likeness (QED) is 0.667. The van der Waals surface area contributed by atoms with E-state index in [1.54, 1.807) is 12.1 Å². The lowest BCUT2D eigenvalue weighted by atomic mass is 10.1. The molecule has 1 aromatic carbocycles. The number of rotatable bonds is 2. The Hall–Kier alpha value is -1.68. The Morgan fingerprint density at radius 2 is 2.38 bits per heavy atom. The van der Waals surface area contributed by atoms with E-state index in [2.05, 4.69) is 9.97 Å². The second-order valence-electron chi connectivity index (χ2n) is 2.76. The minimum absolute atomic E-state index is 0.0736. The summed E-state index contributed by atoms with van der Waals surface area (Å²) < 4.78 is 0. The lowest BCUT2D eigenvalue weighted by Crippen LogP contribution is -1.89. The third-order valence-corrected chi connectivity index (χ3v) is 1.92. The summed E-state index contributed by atoms with van der Waals surface area (Å²) in [4.78, 5) is 17.5. The number of fused-ring (bicyclic) bond motifs is 1. The number of aldehydes is 1. The van der Waals surface area contributed by atoms with Crippen LogP contribution in [0.25, 0.3) is 11.0 Å². The SMILES string of the molecule is O=Cc1cc(CO)cc2[nH]cnc12. The van der Waals surface area contributed by atoms with Gasteiger partial charge in [-0.25, -0.2) is 4.98 Å². The molecule has 4 heteroatoms. The van der Waals surface area contributed by atoms with E-state index in [1.165, 1.54) is 6.33 Å². The van der Waals surface area contributed by atoms with Crippen molar-refractivity contribution in [2.45, 2.75) is 6.61 Å². The second kappa shape index (κ2) is 2.99. The van der Waals surface area contributed by atoms with Crippen LogP contribution in [0.5, 0.6) is 0 Å². The average molecular weight is 176 g/mol. The molecular formula is C9H8N2O2. The normalized spacial score (nSPS) is 10.5. The van der Waals surface area contributed by atoms with Crippen molar-refractivity contribution >= 4 is 17.3 Å². The zero-order valence-corrected chi connectivity index (χ0v) is 6.82. The topological polar surface area (TPSA) is 66.0 Å². The van der Waals surface area contributed by atoms with E-state index in [1.807, 2.05) is 0 Å². The number of aliphatic hydroxyl groups excluding tert-OH is 1. The van der Waals surface area contributed by atoms with Crippen LogP contribution in [0.15, 0.2) is 18.5 Å². The van der Waals surface area contributed by atoms with E-state index < -0.39 is 0 Å². The van der Waals surface area contributed by atoms with E-state index in [4.69, 9.17) is 5.11 Å². The molecule has 1 heterocycles. The number of carbonyl (C=O) groups excluding carboxylic acids is 1. The summed E-state index contributed by atoms with van der Waals surface area (Å²) in [5.74, 6) is 0. The van der Waals surface area contributed by atoms with E-state index in [0.29, 0.717) is 16.6 Å². The predicted molar refractivity (Wildman–Crippen MR) is 47.4 cm³/mol. The van der Waals surface area contributed by atoms with E-state index >= 15 is 0 Å². The molecule has 0 atom stereocenters. The van der Waals surface area contributed by atoms with Gasteiger partial charge in [0, 0.05) is 5.56 Å². The van der Waals surface area contributed by atoms with E-state index in [-0.39, 0.29) is 6.61 Å². The van der Waals surface area contributed by atoms with Crippen molar-refractivity contribution in [3.63, 3.8) is 0 Å². The number of nitrogens with zero attached hydrogens (tertiary/aromatic N) is 1. The van der Waals surface area contributed by atoms with Gasteiger partial charge in [-0.1, -0.05) is 0 Å². The number of hydrogen-bond donors (Lipinski definition) is 2. The standard InChI is InChI=1S/C9H8N2O2/c12-3-6-1-7(4-13)9-8(2-6)10-5-11-9/h1-2,4-5,12H,3H2,(H,10,11). The summed E-state index contributed by atoms with van der Waals surface area (Å²) in [5.41, 5.74) is 2.63. The fourth-order valence-corrected chi connectivity index (χ4v) is 1.32. The number of imidazole rings is 1. The molecule has 0 aliphatic carbocycles. The van der Waals surface area contributed by atoms with Gasteiger partial charge in [0.2, 0.25) is 0 Å². The second-order valence-corrected chi connectivity index (χ2v) is 2.76. The first-order chi connectivity index (χ1) is 6.35. The summed E-state index contributed by atoms with van der Waals surface area (Å²) >= 11 is 0. The van der Waals surface area contributed by atoms with Gasteiger partial charge in [0.05, 0.1) is 24.0 Å². The van der Waals surface area contributed by atoms with Crippen LogP contribution in [-0.4, -0.2) is 21.4 Å².